The van der Waals surface area contributed by atoms with E-state index in [2.05, 4.69) is 4.72 Å². The van der Waals surface area contributed by atoms with Crippen LogP contribution >= 0.6 is 0 Å². The normalized spacial score (nSPS) is 12.6. The van der Waals surface area contributed by atoms with Gasteiger partial charge >= 0.3 is 0 Å². The summed E-state index contributed by atoms with van der Waals surface area (Å²) >= 11 is 0. The van der Waals surface area contributed by atoms with Crippen molar-refractivity contribution in [2.24, 2.45) is 5.73 Å². The van der Waals surface area contributed by atoms with Crippen molar-refractivity contribution in [3.8, 4) is 5.75 Å². The van der Waals surface area contributed by atoms with Crippen LogP contribution in [0.15, 0.2) is 59.5 Å². The molecule has 0 saturated carbocycles. The minimum Gasteiger partial charge on any atom is -0.484 e. The lowest BCUT2D eigenvalue weighted by molar-refractivity contribution is -0.119. The van der Waals surface area contributed by atoms with Gasteiger partial charge in [0.2, 0.25) is 10.0 Å². The molecule has 0 saturated heterocycles. The molecule has 0 aromatic heterocycles. The van der Waals surface area contributed by atoms with Gasteiger partial charge in [0.05, 0.1) is 4.90 Å². The molecule has 7 heteroatoms. The van der Waals surface area contributed by atoms with Crippen LogP contribution in [0.2, 0.25) is 0 Å². The van der Waals surface area contributed by atoms with Gasteiger partial charge in [-0.1, -0.05) is 30.3 Å². The summed E-state index contributed by atoms with van der Waals surface area (Å²) in [6.45, 7) is 1.52. The number of nitrogens with one attached hydrogen (secondary N) is 1. The number of hydrogen-bond acceptors (Lipinski definition) is 4. The average Bonchev–Trinajstić information content (AvgIpc) is 2.53. The number of carbonyl (C=O) groups excluding carboxylic acids is 1. The van der Waals surface area contributed by atoms with Crippen molar-refractivity contribution in [1.29, 1.82) is 0 Å². The van der Waals surface area contributed by atoms with Crippen molar-refractivity contribution in [2.45, 2.75) is 17.9 Å². The molecule has 0 bridgehead atoms. The molecular weight excluding hydrogens is 316 g/mol. The van der Waals surface area contributed by atoms with Crippen LogP contribution in [0.1, 0.15) is 18.5 Å². The Morgan fingerprint density at radius 1 is 1.13 bits per heavy atom. The molecule has 23 heavy (non-hydrogen) atoms. The van der Waals surface area contributed by atoms with Crippen LogP contribution in [0.4, 0.5) is 0 Å². The van der Waals surface area contributed by atoms with E-state index in [1.54, 1.807) is 6.92 Å². The minimum absolute atomic E-state index is 0.117. The number of hydrogen-bond donors (Lipinski definition) is 2. The molecule has 0 aliphatic carbocycles. The highest BCUT2D eigenvalue weighted by Crippen LogP contribution is 2.19. The summed E-state index contributed by atoms with van der Waals surface area (Å²) in [5, 5.41) is 0. The molecule has 6 nitrogen and oxygen atoms in total. The van der Waals surface area contributed by atoms with Crippen molar-refractivity contribution in [3.63, 3.8) is 0 Å². The van der Waals surface area contributed by atoms with Gasteiger partial charge in [-0.25, -0.2) is 13.1 Å². The predicted molar refractivity (Wildman–Crippen MR) is 86.3 cm³/mol. The molecule has 0 fully saturated rings. The molecule has 0 aliphatic heterocycles. The molecule has 0 radical (unpaired) electrons. The van der Waals surface area contributed by atoms with E-state index in [1.807, 2.05) is 30.3 Å². The lowest BCUT2D eigenvalue weighted by Crippen LogP contribution is -2.26. The van der Waals surface area contributed by atoms with Crippen molar-refractivity contribution < 1.29 is 17.9 Å². The molecule has 122 valence electrons. The van der Waals surface area contributed by atoms with Crippen LogP contribution < -0.4 is 15.2 Å². The smallest absolute Gasteiger partial charge is 0.255 e. The van der Waals surface area contributed by atoms with E-state index in [1.165, 1.54) is 24.3 Å². The van der Waals surface area contributed by atoms with Gasteiger partial charge in [0.1, 0.15) is 5.75 Å². The lowest BCUT2D eigenvalue weighted by atomic mass is 10.1. The van der Waals surface area contributed by atoms with Crippen molar-refractivity contribution in [2.75, 3.05) is 6.61 Å². The van der Waals surface area contributed by atoms with E-state index < -0.39 is 15.9 Å². The fourth-order valence-corrected chi connectivity index (χ4v) is 3.21. The zero-order chi connectivity index (χ0) is 16.9. The molecule has 1 amide bonds. The topological polar surface area (TPSA) is 98.5 Å². The molecule has 1 atom stereocenters. The number of primary amides is 1. The quantitative estimate of drug-likeness (QED) is 0.803. The molecule has 2 aromatic rings. The Hall–Kier alpha value is -2.38. The van der Waals surface area contributed by atoms with Crippen LogP contribution in [0.3, 0.4) is 0 Å². The molecule has 0 unspecified atom stereocenters. The first-order valence-corrected chi connectivity index (χ1v) is 8.45. The molecule has 0 spiro atoms. The Morgan fingerprint density at radius 3 is 2.30 bits per heavy atom. The summed E-state index contributed by atoms with van der Waals surface area (Å²) in [7, 11) is -3.65. The Morgan fingerprint density at radius 2 is 1.74 bits per heavy atom. The third-order valence-corrected chi connectivity index (χ3v) is 4.70. The van der Waals surface area contributed by atoms with Crippen LogP contribution in [0.5, 0.6) is 5.75 Å². The zero-order valence-electron chi connectivity index (χ0n) is 12.6. The third kappa shape index (κ3) is 4.80. The molecule has 0 aliphatic rings. The SMILES string of the molecule is C[C@H](NS(=O)(=O)c1ccc(OCC(N)=O)cc1)c1ccccc1. The average molecular weight is 334 g/mol. The van der Waals surface area contributed by atoms with Gasteiger partial charge in [0.25, 0.3) is 5.91 Å². The fraction of sp³-hybridized carbons (Fsp3) is 0.188. The van der Waals surface area contributed by atoms with E-state index >= 15 is 0 Å². The Balaban J connectivity index is 2.08. The van der Waals surface area contributed by atoms with E-state index in [0.717, 1.165) is 5.56 Å². The highest BCUT2D eigenvalue weighted by atomic mass is 32.2. The summed E-state index contributed by atoms with van der Waals surface area (Å²) in [4.78, 5) is 10.8. The highest BCUT2D eigenvalue weighted by molar-refractivity contribution is 7.89. The second-order valence-corrected chi connectivity index (χ2v) is 6.69. The van der Waals surface area contributed by atoms with Gasteiger partial charge in [0.15, 0.2) is 6.61 Å². The van der Waals surface area contributed by atoms with E-state index in [9.17, 15) is 13.2 Å². The Bertz CT molecular complexity index is 758. The van der Waals surface area contributed by atoms with Crippen LogP contribution in [0.25, 0.3) is 0 Å². The monoisotopic (exact) mass is 334 g/mol. The first-order chi connectivity index (χ1) is 10.9. The predicted octanol–water partition coefficient (Wildman–Crippen LogP) is 1.59. The number of sulfonamides is 1. The van der Waals surface area contributed by atoms with E-state index in [4.69, 9.17) is 10.5 Å². The van der Waals surface area contributed by atoms with Crippen LogP contribution in [-0.2, 0) is 14.8 Å². The maximum atomic E-state index is 12.4. The van der Waals surface area contributed by atoms with Gasteiger partial charge in [-0.2, -0.15) is 0 Å². The second-order valence-electron chi connectivity index (χ2n) is 4.98. The number of amides is 1. The van der Waals surface area contributed by atoms with Crippen molar-refractivity contribution >= 4 is 15.9 Å². The van der Waals surface area contributed by atoms with Crippen LogP contribution in [-0.4, -0.2) is 20.9 Å². The maximum absolute atomic E-state index is 12.4. The Labute approximate surface area is 135 Å². The van der Waals surface area contributed by atoms with Crippen LogP contribution in [0, 0.1) is 0 Å². The summed E-state index contributed by atoms with van der Waals surface area (Å²) in [6.07, 6.45) is 0. The third-order valence-electron chi connectivity index (χ3n) is 3.15. The van der Waals surface area contributed by atoms with Gasteiger partial charge in [-0.3, -0.25) is 4.79 Å². The van der Waals surface area contributed by atoms with E-state index in [-0.39, 0.29) is 17.5 Å². The summed E-state index contributed by atoms with van der Waals surface area (Å²) in [6, 6.07) is 14.7. The second kappa shape index (κ2) is 7.26. The molecular formula is C16H18N2O4S. The summed E-state index contributed by atoms with van der Waals surface area (Å²) < 4.78 is 32.4. The first kappa shape index (κ1) is 17.0. The number of ether oxygens (including phenoxy) is 1. The molecule has 2 rings (SSSR count). The van der Waals surface area contributed by atoms with Gasteiger partial charge < -0.3 is 10.5 Å². The maximum Gasteiger partial charge on any atom is 0.255 e. The Kier molecular flexibility index (Phi) is 5.36. The lowest BCUT2D eigenvalue weighted by Gasteiger charge is -2.15. The first-order valence-electron chi connectivity index (χ1n) is 6.97. The zero-order valence-corrected chi connectivity index (χ0v) is 13.4. The molecule has 2 aromatic carbocycles. The van der Waals surface area contributed by atoms with Gasteiger partial charge in [-0.05, 0) is 36.8 Å². The summed E-state index contributed by atoms with van der Waals surface area (Å²) in [5.74, 6) is -0.223. The van der Waals surface area contributed by atoms with E-state index in [0.29, 0.717) is 5.75 Å². The highest BCUT2D eigenvalue weighted by Gasteiger charge is 2.18. The van der Waals surface area contributed by atoms with Crippen molar-refractivity contribution in [1.82, 2.24) is 4.72 Å². The fourth-order valence-electron chi connectivity index (χ4n) is 1.98. The van der Waals surface area contributed by atoms with Gasteiger partial charge in [-0.15, -0.1) is 0 Å². The standard InChI is InChI=1S/C16H18N2O4S/c1-12(13-5-3-2-4-6-13)18-23(20,21)15-9-7-14(8-10-15)22-11-16(17)19/h2-10,12,18H,11H2,1H3,(H2,17,19)/t12-/m0/s1. The van der Waals surface area contributed by atoms with Crippen molar-refractivity contribution in [3.05, 3.63) is 60.2 Å². The molecule has 3 N–H and O–H groups in total. The number of nitrogens with two attached hydrogens (primary N) is 1. The summed E-state index contributed by atoms with van der Waals surface area (Å²) in [5.41, 5.74) is 5.85. The number of rotatable bonds is 7. The minimum atomic E-state index is -3.65. The number of benzene rings is 2. The largest absolute Gasteiger partial charge is 0.484 e. The molecule has 0 heterocycles. The number of carbonyl (C=O) groups is 1. The van der Waals surface area contributed by atoms with Gasteiger partial charge in [0, 0.05) is 6.04 Å².